The topological polar surface area (TPSA) is 44.4 Å². The van der Waals surface area contributed by atoms with Gasteiger partial charge in [-0.05, 0) is 12.1 Å². The van der Waals surface area contributed by atoms with Crippen LogP contribution < -0.4 is 10.6 Å². The molecule has 0 atom stereocenters. The molecule has 0 aromatic heterocycles. The minimum atomic E-state index is -4.47. The zero-order valence-corrected chi connectivity index (χ0v) is 12.1. The van der Waals surface area contributed by atoms with Gasteiger partial charge in [-0.2, -0.15) is 13.2 Å². The van der Waals surface area contributed by atoms with Crippen LogP contribution >= 0.6 is 12.4 Å². The molecule has 8 heteroatoms. The van der Waals surface area contributed by atoms with Crippen molar-refractivity contribution in [3.63, 3.8) is 0 Å². The quantitative estimate of drug-likeness (QED) is 0.894. The number of rotatable bonds is 3. The molecule has 0 unspecified atom stereocenters. The van der Waals surface area contributed by atoms with Crippen molar-refractivity contribution in [3.05, 3.63) is 29.8 Å². The lowest BCUT2D eigenvalue weighted by Gasteiger charge is -2.26. The number of hydrogen-bond acceptors (Lipinski definition) is 3. The number of para-hydroxylation sites is 1. The molecule has 1 fully saturated rings. The van der Waals surface area contributed by atoms with Gasteiger partial charge in [0.25, 0.3) is 0 Å². The SMILES string of the molecule is Cl.O=C(CN1CCNCC1)Nc1ccccc1C(F)(F)F. The number of hydrogen-bond donors (Lipinski definition) is 2. The molecule has 1 aliphatic heterocycles. The minimum absolute atomic E-state index is 0. The van der Waals surface area contributed by atoms with E-state index in [0.29, 0.717) is 13.1 Å². The van der Waals surface area contributed by atoms with Crippen molar-refractivity contribution in [3.8, 4) is 0 Å². The molecule has 1 amide bonds. The van der Waals surface area contributed by atoms with Gasteiger partial charge in [0, 0.05) is 26.2 Å². The zero-order chi connectivity index (χ0) is 14.6. The number of piperazine rings is 1. The number of carbonyl (C=O) groups is 1. The Hall–Kier alpha value is -1.31. The maximum absolute atomic E-state index is 12.8. The molecule has 0 bridgehead atoms. The predicted molar refractivity (Wildman–Crippen MR) is 76.6 cm³/mol. The van der Waals surface area contributed by atoms with Gasteiger partial charge in [-0.15, -0.1) is 12.4 Å². The fourth-order valence-corrected chi connectivity index (χ4v) is 2.10. The average molecular weight is 324 g/mol. The molecule has 1 aliphatic rings. The summed E-state index contributed by atoms with van der Waals surface area (Å²) in [6, 6.07) is 4.99. The molecule has 1 aromatic carbocycles. The molecular weight excluding hydrogens is 307 g/mol. The minimum Gasteiger partial charge on any atom is -0.324 e. The number of alkyl halides is 3. The van der Waals surface area contributed by atoms with Gasteiger partial charge in [0.15, 0.2) is 0 Å². The Morgan fingerprint density at radius 3 is 2.48 bits per heavy atom. The zero-order valence-electron chi connectivity index (χ0n) is 11.2. The lowest BCUT2D eigenvalue weighted by atomic mass is 10.1. The average Bonchev–Trinajstić information content (AvgIpc) is 2.39. The summed E-state index contributed by atoms with van der Waals surface area (Å²) in [6.07, 6.45) is -4.47. The molecule has 21 heavy (non-hydrogen) atoms. The van der Waals surface area contributed by atoms with Crippen LogP contribution in [0.2, 0.25) is 0 Å². The van der Waals surface area contributed by atoms with E-state index in [9.17, 15) is 18.0 Å². The molecule has 4 nitrogen and oxygen atoms in total. The number of nitrogens with zero attached hydrogens (tertiary/aromatic N) is 1. The van der Waals surface area contributed by atoms with Crippen LogP contribution in [0.4, 0.5) is 18.9 Å². The Kier molecular flexibility index (Phi) is 6.44. The Bertz CT molecular complexity index is 476. The van der Waals surface area contributed by atoms with Crippen LogP contribution in [0.1, 0.15) is 5.56 Å². The molecule has 1 aromatic rings. The van der Waals surface area contributed by atoms with E-state index in [-0.39, 0.29) is 24.6 Å². The normalized spacial score (nSPS) is 16.1. The molecule has 2 N–H and O–H groups in total. The monoisotopic (exact) mass is 323 g/mol. The summed E-state index contributed by atoms with van der Waals surface area (Å²) in [6.45, 7) is 3.11. The number of halogens is 4. The van der Waals surface area contributed by atoms with E-state index in [1.165, 1.54) is 18.2 Å². The fraction of sp³-hybridized carbons (Fsp3) is 0.462. The highest BCUT2D eigenvalue weighted by Gasteiger charge is 2.33. The van der Waals surface area contributed by atoms with Gasteiger partial charge in [0.05, 0.1) is 17.8 Å². The summed E-state index contributed by atoms with van der Waals surface area (Å²) in [4.78, 5) is 13.7. The van der Waals surface area contributed by atoms with Crippen molar-refractivity contribution < 1.29 is 18.0 Å². The van der Waals surface area contributed by atoms with Gasteiger partial charge >= 0.3 is 6.18 Å². The maximum atomic E-state index is 12.8. The van der Waals surface area contributed by atoms with Gasteiger partial charge in [-0.3, -0.25) is 9.69 Å². The second-order valence-corrected chi connectivity index (χ2v) is 4.62. The van der Waals surface area contributed by atoms with Crippen LogP contribution in [0.3, 0.4) is 0 Å². The van der Waals surface area contributed by atoms with Crippen molar-refractivity contribution in [2.75, 3.05) is 38.0 Å². The summed E-state index contributed by atoms with van der Waals surface area (Å²) >= 11 is 0. The van der Waals surface area contributed by atoms with E-state index in [1.807, 2.05) is 4.90 Å². The molecule has 0 saturated carbocycles. The van der Waals surface area contributed by atoms with Crippen molar-refractivity contribution >= 4 is 24.0 Å². The first kappa shape index (κ1) is 17.7. The van der Waals surface area contributed by atoms with Gasteiger partial charge in [0.1, 0.15) is 0 Å². The third-order valence-electron chi connectivity index (χ3n) is 3.08. The predicted octanol–water partition coefficient (Wildman–Crippen LogP) is 1.97. The highest BCUT2D eigenvalue weighted by molar-refractivity contribution is 5.93. The number of amides is 1. The summed E-state index contributed by atoms with van der Waals surface area (Å²) in [5.41, 5.74) is -1.02. The first-order valence-corrected chi connectivity index (χ1v) is 6.36. The van der Waals surface area contributed by atoms with Crippen LogP contribution in [0, 0.1) is 0 Å². The Balaban J connectivity index is 0.00000220. The van der Waals surface area contributed by atoms with Crippen LogP contribution in [0.15, 0.2) is 24.3 Å². The fourth-order valence-electron chi connectivity index (χ4n) is 2.10. The van der Waals surface area contributed by atoms with Gasteiger partial charge < -0.3 is 10.6 Å². The molecule has 1 saturated heterocycles. The smallest absolute Gasteiger partial charge is 0.324 e. The van der Waals surface area contributed by atoms with E-state index in [1.54, 1.807) is 0 Å². The van der Waals surface area contributed by atoms with Crippen LogP contribution in [-0.2, 0) is 11.0 Å². The van der Waals surface area contributed by atoms with E-state index in [4.69, 9.17) is 0 Å². The molecule has 0 aliphatic carbocycles. The molecular formula is C13H17ClF3N3O. The second-order valence-electron chi connectivity index (χ2n) is 4.62. The van der Waals surface area contributed by atoms with Gasteiger partial charge in [-0.1, -0.05) is 12.1 Å². The van der Waals surface area contributed by atoms with Gasteiger partial charge in [-0.25, -0.2) is 0 Å². The molecule has 0 spiro atoms. The summed E-state index contributed by atoms with van der Waals surface area (Å²) in [5, 5.41) is 5.49. The number of nitrogens with one attached hydrogen (secondary N) is 2. The maximum Gasteiger partial charge on any atom is 0.418 e. The highest BCUT2D eigenvalue weighted by atomic mass is 35.5. The van der Waals surface area contributed by atoms with Crippen LogP contribution in [0.25, 0.3) is 0 Å². The molecule has 118 valence electrons. The van der Waals surface area contributed by atoms with E-state index in [0.717, 1.165) is 19.2 Å². The largest absolute Gasteiger partial charge is 0.418 e. The summed E-state index contributed by atoms with van der Waals surface area (Å²) < 4.78 is 38.4. The molecule has 2 rings (SSSR count). The Labute approximate surface area is 127 Å². The third kappa shape index (κ3) is 5.18. The Morgan fingerprint density at radius 2 is 1.86 bits per heavy atom. The summed E-state index contributed by atoms with van der Waals surface area (Å²) in [7, 11) is 0. The lowest BCUT2D eigenvalue weighted by Crippen LogP contribution is -2.46. The van der Waals surface area contributed by atoms with Crippen LogP contribution in [-0.4, -0.2) is 43.5 Å². The summed E-state index contributed by atoms with van der Waals surface area (Å²) in [5.74, 6) is -0.427. The first-order chi connectivity index (χ1) is 9.47. The van der Waals surface area contributed by atoms with Crippen molar-refractivity contribution in [2.24, 2.45) is 0 Å². The van der Waals surface area contributed by atoms with Crippen LogP contribution in [0.5, 0.6) is 0 Å². The third-order valence-corrected chi connectivity index (χ3v) is 3.08. The molecule has 1 heterocycles. The van der Waals surface area contributed by atoms with Gasteiger partial charge in [0.2, 0.25) is 5.91 Å². The van der Waals surface area contributed by atoms with E-state index < -0.39 is 17.6 Å². The van der Waals surface area contributed by atoms with E-state index >= 15 is 0 Å². The Morgan fingerprint density at radius 1 is 1.24 bits per heavy atom. The second kappa shape index (κ2) is 7.63. The highest BCUT2D eigenvalue weighted by Crippen LogP contribution is 2.34. The number of anilines is 1. The molecule has 0 radical (unpaired) electrons. The number of carbonyl (C=O) groups excluding carboxylic acids is 1. The van der Waals surface area contributed by atoms with Crippen molar-refractivity contribution in [1.29, 1.82) is 0 Å². The van der Waals surface area contributed by atoms with Crippen molar-refractivity contribution in [2.45, 2.75) is 6.18 Å². The lowest BCUT2D eigenvalue weighted by molar-refractivity contribution is -0.137. The standard InChI is InChI=1S/C13H16F3N3O.ClH/c14-13(15,16)10-3-1-2-4-11(10)18-12(20)9-19-7-5-17-6-8-19;/h1-4,17H,5-9H2,(H,18,20);1H. The van der Waals surface area contributed by atoms with E-state index in [2.05, 4.69) is 10.6 Å². The number of benzene rings is 1. The van der Waals surface area contributed by atoms with Crippen molar-refractivity contribution in [1.82, 2.24) is 10.2 Å². The first-order valence-electron chi connectivity index (χ1n) is 6.36.